The molecule has 3 saturated heterocycles. The SMILES string of the molecule is N#Cc1ccc(-c2ccc3nc(N4CCC(c5cccc(F)c5)C4)cc(C(=O)N4CCC[C@H]4CN4CCCC4)c3c2)cc1. The van der Waals surface area contributed by atoms with E-state index in [1.54, 1.807) is 12.1 Å². The van der Waals surface area contributed by atoms with Gasteiger partial charge in [0.25, 0.3) is 5.91 Å². The summed E-state index contributed by atoms with van der Waals surface area (Å²) in [7, 11) is 0. The molecule has 7 rings (SSSR count). The first-order valence-corrected chi connectivity index (χ1v) is 15.5. The molecule has 0 spiro atoms. The van der Waals surface area contributed by atoms with Crippen LogP contribution in [0.5, 0.6) is 0 Å². The van der Waals surface area contributed by atoms with Gasteiger partial charge in [0.15, 0.2) is 0 Å². The molecule has 1 unspecified atom stereocenters. The number of rotatable bonds is 6. The molecular weight excluding hydrogens is 537 g/mol. The van der Waals surface area contributed by atoms with Gasteiger partial charge in [0.1, 0.15) is 11.6 Å². The average Bonchev–Trinajstić information content (AvgIpc) is 3.83. The molecule has 4 aromatic rings. The number of hydrogen-bond donors (Lipinski definition) is 0. The van der Waals surface area contributed by atoms with E-state index < -0.39 is 0 Å². The molecule has 7 heteroatoms. The van der Waals surface area contributed by atoms with Crippen LogP contribution >= 0.6 is 0 Å². The molecule has 218 valence electrons. The van der Waals surface area contributed by atoms with Gasteiger partial charge in [-0.25, -0.2) is 9.37 Å². The van der Waals surface area contributed by atoms with E-state index in [9.17, 15) is 14.4 Å². The first kappa shape index (κ1) is 27.5. The number of likely N-dealkylation sites (tertiary alicyclic amines) is 2. The Bertz CT molecular complexity index is 1690. The number of halogens is 1. The van der Waals surface area contributed by atoms with Crippen molar-refractivity contribution in [2.45, 2.75) is 44.1 Å². The van der Waals surface area contributed by atoms with Gasteiger partial charge in [0.05, 0.1) is 22.7 Å². The lowest BCUT2D eigenvalue weighted by molar-refractivity contribution is 0.0710. The molecule has 3 fully saturated rings. The normalized spacial score (nSPS) is 20.7. The van der Waals surface area contributed by atoms with E-state index >= 15 is 0 Å². The van der Waals surface area contributed by atoms with Crippen LogP contribution in [0.4, 0.5) is 10.2 Å². The molecule has 1 aromatic heterocycles. The summed E-state index contributed by atoms with van der Waals surface area (Å²) in [5, 5.41) is 10.1. The molecule has 3 aliphatic heterocycles. The van der Waals surface area contributed by atoms with Gasteiger partial charge in [-0.05, 0) is 104 Å². The van der Waals surface area contributed by atoms with Gasteiger partial charge in [-0.15, -0.1) is 0 Å². The summed E-state index contributed by atoms with van der Waals surface area (Å²) in [6.07, 6.45) is 5.45. The minimum atomic E-state index is -0.208. The highest BCUT2D eigenvalue weighted by Gasteiger charge is 2.33. The largest absolute Gasteiger partial charge is 0.356 e. The van der Waals surface area contributed by atoms with Gasteiger partial charge in [0.2, 0.25) is 0 Å². The highest BCUT2D eigenvalue weighted by Crippen LogP contribution is 2.35. The number of carbonyl (C=O) groups is 1. The zero-order valence-electron chi connectivity index (χ0n) is 24.4. The van der Waals surface area contributed by atoms with Crippen molar-refractivity contribution >= 4 is 22.6 Å². The Balaban J connectivity index is 1.25. The van der Waals surface area contributed by atoms with Crippen molar-refractivity contribution in [3.63, 3.8) is 0 Å². The smallest absolute Gasteiger partial charge is 0.254 e. The summed E-state index contributed by atoms with van der Waals surface area (Å²) in [6, 6.07) is 25.0. The van der Waals surface area contributed by atoms with Crippen LogP contribution in [0, 0.1) is 17.1 Å². The lowest BCUT2D eigenvalue weighted by Crippen LogP contribution is -2.42. The van der Waals surface area contributed by atoms with Crippen LogP contribution in [0.3, 0.4) is 0 Å². The van der Waals surface area contributed by atoms with Crippen LogP contribution < -0.4 is 4.90 Å². The second kappa shape index (κ2) is 11.8. The van der Waals surface area contributed by atoms with Crippen molar-refractivity contribution in [3.05, 3.63) is 95.3 Å². The fraction of sp³-hybridized carbons (Fsp3) is 0.361. The molecule has 0 bridgehead atoms. The number of pyridine rings is 1. The lowest BCUT2D eigenvalue weighted by Gasteiger charge is -2.29. The molecule has 0 radical (unpaired) electrons. The van der Waals surface area contributed by atoms with E-state index in [-0.39, 0.29) is 23.7 Å². The Kier molecular flexibility index (Phi) is 7.54. The first-order chi connectivity index (χ1) is 21.1. The number of fused-ring (bicyclic) bond motifs is 1. The molecule has 43 heavy (non-hydrogen) atoms. The molecule has 4 heterocycles. The number of nitrogens with zero attached hydrogens (tertiary/aromatic N) is 5. The quantitative estimate of drug-likeness (QED) is 0.260. The van der Waals surface area contributed by atoms with Crippen molar-refractivity contribution in [1.82, 2.24) is 14.8 Å². The Labute approximate surface area is 252 Å². The second-order valence-corrected chi connectivity index (χ2v) is 12.2. The average molecular weight is 574 g/mol. The molecular formula is C36H36FN5O. The third-order valence-corrected chi connectivity index (χ3v) is 9.51. The van der Waals surface area contributed by atoms with Gasteiger partial charge >= 0.3 is 0 Å². The maximum atomic E-state index is 14.5. The fourth-order valence-corrected chi connectivity index (χ4v) is 7.18. The molecule has 3 aromatic carbocycles. The Morgan fingerprint density at radius 1 is 0.907 bits per heavy atom. The van der Waals surface area contributed by atoms with Crippen LogP contribution in [0.2, 0.25) is 0 Å². The summed E-state index contributed by atoms with van der Waals surface area (Å²) >= 11 is 0. The molecule has 1 amide bonds. The number of carbonyl (C=O) groups excluding carboxylic acids is 1. The van der Waals surface area contributed by atoms with E-state index in [4.69, 9.17) is 4.98 Å². The first-order valence-electron chi connectivity index (χ1n) is 15.5. The van der Waals surface area contributed by atoms with Crippen molar-refractivity contribution in [3.8, 4) is 17.2 Å². The Morgan fingerprint density at radius 2 is 1.72 bits per heavy atom. The van der Waals surface area contributed by atoms with Gasteiger partial charge in [0, 0.05) is 43.5 Å². The van der Waals surface area contributed by atoms with Gasteiger partial charge in [-0.3, -0.25) is 4.79 Å². The molecule has 3 aliphatic rings. The van der Waals surface area contributed by atoms with Crippen molar-refractivity contribution in [2.24, 2.45) is 0 Å². The number of anilines is 1. The number of nitriles is 1. The van der Waals surface area contributed by atoms with E-state index in [2.05, 4.69) is 26.8 Å². The highest BCUT2D eigenvalue weighted by atomic mass is 19.1. The Hall–Kier alpha value is -4.28. The predicted octanol–water partition coefficient (Wildman–Crippen LogP) is 6.61. The zero-order chi connectivity index (χ0) is 29.3. The number of hydrogen-bond acceptors (Lipinski definition) is 5. The summed E-state index contributed by atoms with van der Waals surface area (Å²) in [5.74, 6) is 0.888. The molecule has 0 aliphatic carbocycles. The fourth-order valence-electron chi connectivity index (χ4n) is 7.18. The molecule has 6 nitrogen and oxygen atoms in total. The summed E-state index contributed by atoms with van der Waals surface area (Å²) in [5.41, 5.74) is 5.10. The second-order valence-electron chi connectivity index (χ2n) is 12.2. The number of amides is 1. The maximum absolute atomic E-state index is 14.5. The van der Waals surface area contributed by atoms with Gasteiger partial charge in [-0.1, -0.05) is 30.3 Å². The van der Waals surface area contributed by atoms with E-state index in [0.717, 1.165) is 91.9 Å². The van der Waals surface area contributed by atoms with Crippen LogP contribution in [0.1, 0.15) is 59.5 Å². The van der Waals surface area contributed by atoms with Crippen molar-refractivity contribution < 1.29 is 9.18 Å². The number of benzene rings is 3. The maximum Gasteiger partial charge on any atom is 0.254 e. The summed E-state index contributed by atoms with van der Waals surface area (Å²) < 4.78 is 14.0. The monoisotopic (exact) mass is 573 g/mol. The molecule has 2 atom stereocenters. The minimum absolute atomic E-state index is 0.0770. The van der Waals surface area contributed by atoms with Crippen molar-refractivity contribution in [2.75, 3.05) is 44.2 Å². The molecule has 0 N–H and O–H groups in total. The zero-order valence-corrected chi connectivity index (χ0v) is 24.4. The predicted molar refractivity (Wildman–Crippen MR) is 168 cm³/mol. The van der Waals surface area contributed by atoms with E-state index in [1.165, 1.54) is 18.9 Å². The summed E-state index contributed by atoms with van der Waals surface area (Å²) in [4.78, 5) is 26.4. The van der Waals surface area contributed by atoms with E-state index in [1.807, 2.05) is 48.5 Å². The highest BCUT2D eigenvalue weighted by molar-refractivity contribution is 6.08. The lowest BCUT2D eigenvalue weighted by atomic mass is 9.98. The van der Waals surface area contributed by atoms with Crippen LogP contribution in [0.15, 0.2) is 72.8 Å². The standard InChI is InChI=1S/C36H36FN5O/c37-30-6-3-5-27(19-30)29-14-18-41(23-29)35-21-33(36(43)42-17-4-7-31(42)24-40-15-1-2-16-40)32-20-28(12-13-34(32)39-35)26-10-8-25(22-38)9-11-26/h3,5-6,8-13,19-21,29,31H,1-2,4,7,14-18,23-24H2/t29?,31-/m0/s1. The van der Waals surface area contributed by atoms with Crippen LogP contribution in [-0.2, 0) is 0 Å². The Morgan fingerprint density at radius 3 is 2.51 bits per heavy atom. The van der Waals surface area contributed by atoms with Gasteiger partial charge < -0.3 is 14.7 Å². The van der Waals surface area contributed by atoms with E-state index in [0.29, 0.717) is 11.1 Å². The van der Waals surface area contributed by atoms with Crippen LogP contribution in [-0.4, -0.2) is 66.0 Å². The third kappa shape index (κ3) is 5.60. The van der Waals surface area contributed by atoms with Crippen molar-refractivity contribution in [1.29, 1.82) is 5.26 Å². The molecule has 0 saturated carbocycles. The number of aromatic nitrogens is 1. The minimum Gasteiger partial charge on any atom is -0.356 e. The third-order valence-electron chi connectivity index (χ3n) is 9.51. The summed E-state index contributed by atoms with van der Waals surface area (Å²) in [6.45, 7) is 5.50. The van der Waals surface area contributed by atoms with Crippen LogP contribution in [0.25, 0.3) is 22.0 Å². The van der Waals surface area contributed by atoms with Gasteiger partial charge in [-0.2, -0.15) is 5.26 Å². The topological polar surface area (TPSA) is 63.5 Å².